The molecule has 0 amide bonds. The first-order chi connectivity index (χ1) is 12.2. The highest BCUT2D eigenvalue weighted by Gasteiger charge is 2.55. The van der Waals surface area contributed by atoms with Gasteiger partial charge < -0.3 is 15.4 Å². The first-order valence-corrected chi connectivity index (χ1v) is 10.5. The molecule has 2 atom stereocenters. The number of hydrogen-bond donors (Lipinski definition) is 2. The largest absolute Gasteiger partial charge is 0.378 e. The summed E-state index contributed by atoms with van der Waals surface area (Å²) >= 11 is 1.77. The molecular weight excluding hydrogens is 332 g/mol. The van der Waals surface area contributed by atoms with Crippen LogP contribution in [0.1, 0.15) is 55.3 Å². The standard InChI is InChI=1S/C19H32N4OS/c1-4-24-16-12-15(19(16)9-6-5-7-10-19)23-18(20-3)21-11-8-17-22-13-14(2)25-17/h13,15-16H,4-12H2,1-3H3,(H2,20,21,23). The van der Waals surface area contributed by atoms with E-state index in [2.05, 4.69) is 34.5 Å². The molecule has 0 saturated heterocycles. The molecule has 140 valence electrons. The van der Waals surface area contributed by atoms with Gasteiger partial charge in [0.2, 0.25) is 0 Å². The molecule has 2 N–H and O–H groups in total. The lowest BCUT2D eigenvalue weighted by atomic mass is 9.55. The number of guanidine groups is 1. The van der Waals surface area contributed by atoms with Gasteiger partial charge >= 0.3 is 0 Å². The second-order valence-corrected chi connectivity index (χ2v) is 8.60. The van der Waals surface area contributed by atoms with Gasteiger partial charge in [0, 0.05) is 49.2 Å². The zero-order chi connectivity index (χ0) is 17.7. The predicted octanol–water partition coefficient (Wildman–Crippen LogP) is 3.29. The van der Waals surface area contributed by atoms with Crippen LogP contribution in [-0.4, -0.2) is 43.3 Å². The molecule has 2 saturated carbocycles. The van der Waals surface area contributed by atoms with Crippen molar-refractivity contribution in [2.24, 2.45) is 10.4 Å². The van der Waals surface area contributed by atoms with Crippen LogP contribution in [-0.2, 0) is 11.2 Å². The molecule has 0 bridgehead atoms. The van der Waals surface area contributed by atoms with Crippen LogP contribution in [0.5, 0.6) is 0 Å². The Labute approximate surface area is 155 Å². The van der Waals surface area contributed by atoms with Crippen LogP contribution in [0.15, 0.2) is 11.2 Å². The van der Waals surface area contributed by atoms with Gasteiger partial charge in [0.25, 0.3) is 0 Å². The number of nitrogens with zero attached hydrogens (tertiary/aromatic N) is 2. The van der Waals surface area contributed by atoms with Crippen molar-refractivity contribution in [3.63, 3.8) is 0 Å². The Balaban J connectivity index is 1.52. The van der Waals surface area contributed by atoms with Crippen LogP contribution in [0.2, 0.25) is 0 Å². The zero-order valence-electron chi connectivity index (χ0n) is 15.8. The summed E-state index contributed by atoms with van der Waals surface area (Å²) < 4.78 is 6.05. The summed E-state index contributed by atoms with van der Waals surface area (Å²) in [6.07, 6.45) is 11.0. The number of nitrogens with one attached hydrogen (secondary N) is 2. The maximum absolute atomic E-state index is 6.05. The second kappa shape index (κ2) is 8.49. The fraction of sp³-hybridized carbons (Fsp3) is 0.789. The van der Waals surface area contributed by atoms with E-state index in [0.29, 0.717) is 17.6 Å². The highest BCUT2D eigenvalue weighted by Crippen LogP contribution is 2.53. The lowest BCUT2D eigenvalue weighted by Crippen LogP contribution is -2.66. The van der Waals surface area contributed by atoms with Crippen LogP contribution in [0.4, 0.5) is 0 Å². The molecule has 1 spiro atoms. The molecule has 0 aromatic carbocycles. The van der Waals surface area contributed by atoms with E-state index in [-0.39, 0.29) is 0 Å². The summed E-state index contributed by atoms with van der Waals surface area (Å²) in [6.45, 7) is 5.89. The Bertz CT molecular complexity index is 580. The molecule has 6 heteroatoms. The first kappa shape index (κ1) is 18.6. The third-order valence-electron chi connectivity index (χ3n) is 5.77. The highest BCUT2D eigenvalue weighted by atomic mass is 32.1. The van der Waals surface area contributed by atoms with E-state index in [9.17, 15) is 0 Å². The van der Waals surface area contributed by atoms with Gasteiger partial charge in [-0.1, -0.05) is 19.3 Å². The highest BCUT2D eigenvalue weighted by molar-refractivity contribution is 7.11. The quantitative estimate of drug-likeness (QED) is 0.601. The summed E-state index contributed by atoms with van der Waals surface area (Å²) in [4.78, 5) is 10.1. The van der Waals surface area contributed by atoms with Crippen molar-refractivity contribution in [3.05, 3.63) is 16.1 Å². The molecule has 0 aliphatic heterocycles. The van der Waals surface area contributed by atoms with Gasteiger partial charge in [0.15, 0.2) is 5.96 Å². The maximum Gasteiger partial charge on any atom is 0.191 e. The predicted molar refractivity (Wildman–Crippen MR) is 104 cm³/mol. The van der Waals surface area contributed by atoms with Crippen molar-refractivity contribution >= 4 is 17.3 Å². The minimum absolute atomic E-state index is 0.318. The Morgan fingerprint density at radius 2 is 2.20 bits per heavy atom. The lowest BCUT2D eigenvalue weighted by molar-refractivity contribution is -0.145. The molecule has 0 radical (unpaired) electrons. The average molecular weight is 365 g/mol. The van der Waals surface area contributed by atoms with Crippen molar-refractivity contribution in [2.45, 2.75) is 70.9 Å². The van der Waals surface area contributed by atoms with Crippen molar-refractivity contribution in [1.29, 1.82) is 0 Å². The number of hydrogen-bond acceptors (Lipinski definition) is 4. The number of thiazole rings is 1. The first-order valence-electron chi connectivity index (χ1n) is 9.68. The summed E-state index contributed by atoms with van der Waals surface area (Å²) in [5.41, 5.74) is 0.318. The van der Waals surface area contributed by atoms with E-state index in [1.165, 1.54) is 42.0 Å². The molecule has 2 aliphatic carbocycles. The van der Waals surface area contributed by atoms with Crippen LogP contribution in [0.3, 0.4) is 0 Å². The smallest absolute Gasteiger partial charge is 0.191 e. The Kier molecular flexibility index (Phi) is 6.34. The van der Waals surface area contributed by atoms with E-state index in [1.54, 1.807) is 11.3 Å². The summed E-state index contributed by atoms with van der Waals surface area (Å²) in [5.74, 6) is 0.915. The minimum Gasteiger partial charge on any atom is -0.378 e. The number of aryl methyl sites for hydroxylation is 1. The molecule has 25 heavy (non-hydrogen) atoms. The monoisotopic (exact) mass is 364 g/mol. The zero-order valence-corrected chi connectivity index (χ0v) is 16.6. The fourth-order valence-corrected chi connectivity index (χ4v) is 5.22. The molecule has 1 aromatic rings. The maximum atomic E-state index is 6.05. The molecule has 2 fully saturated rings. The van der Waals surface area contributed by atoms with Gasteiger partial charge in [-0.2, -0.15) is 0 Å². The molecule has 5 nitrogen and oxygen atoms in total. The van der Waals surface area contributed by atoms with Gasteiger partial charge in [-0.3, -0.25) is 4.99 Å². The van der Waals surface area contributed by atoms with E-state index in [4.69, 9.17) is 4.74 Å². The number of aromatic nitrogens is 1. The van der Waals surface area contributed by atoms with Crippen molar-refractivity contribution in [1.82, 2.24) is 15.6 Å². The van der Waals surface area contributed by atoms with Crippen LogP contribution in [0, 0.1) is 12.3 Å². The van der Waals surface area contributed by atoms with E-state index < -0.39 is 0 Å². The minimum atomic E-state index is 0.318. The van der Waals surface area contributed by atoms with Gasteiger partial charge in [0.05, 0.1) is 11.1 Å². The van der Waals surface area contributed by atoms with Crippen molar-refractivity contribution in [3.8, 4) is 0 Å². The molecule has 3 rings (SSSR count). The van der Waals surface area contributed by atoms with E-state index >= 15 is 0 Å². The summed E-state index contributed by atoms with van der Waals surface area (Å²) in [5, 5.41) is 8.33. The SMILES string of the molecule is CCOC1CC(NC(=NC)NCCc2ncc(C)s2)C12CCCCC2. The second-order valence-electron chi connectivity index (χ2n) is 7.28. The Morgan fingerprint density at radius 3 is 2.84 bits per heavy atom. The molecule has 1 heterocycles. The molecule has 2 aliphatic rings. The molecular formula is C19H32N4OS. The van der Waals surface area contributed by atoms with Gasteiger partial charge in [-0.15, -0.1) is 11.3 Å². The summed E-state index contributed by atoms with van der Waals surface area (Å²) in [7, 11) is 1.86. The Hall–Kier alpha value is -1.14. The summed E-state index contributed by atoms with van der Waals surface area (Å²) in [6, 6.07) is 0.484. The van der Waals surface area contributed by atoms with E-state index in [0.717, 1.165) is 32.0 Å². The molecule has 2 unspecified atom stereocenters. The fourth-order valence-electron chi connectivity index (χ4n) is 4.43. The third kappa shape index (κ3) is 4.17. The lowest BCUT2D eigenvalue weighted by Gasteiger charge is -2.57. The number of aliphatic imine (C=N–C) groups is 1. The normalized spacial score (nSPS) is 25.6. The van der Waals surface area contributed by atoms with Crippen LogP contribution < -0.4 is 10.6 Å². The van der Waals surface area contributed by atoms with E-state index in [1.807, 2.05) is 13.2 Å². The third-order valence-corrected chi connectivity index (χ3v) is 6.74. The van der Waals surface area contributed by atoms with Gasteiger partial charge in [0.1, 0.15) is 0 Å². The topological polar surface area (TPSA) is 58.5 Å². The average Bonchev–Trinajstić information content (AvgIpc) is 3.05. The van der Waals surface area contributed by atoms with Gasteiger partial charge in [-0.05, 0) is 33.1 Å². The van der Waals surface area contributed by atoms with Crippen molar-refractivity contribution in [2.75, 3.05) is 20.2 Å². The van der Waals surface area contributed by atoms with Crippen LogP contribution in [0.25, 0.3) is 0 Å². The van der Waals surface area contributed by atoms with Crippen molar-refractivity contribution < 1.29 is 4.74 Å². The van der Waals surface area contributed by atoms with Crippen LogP contribution >= 0.6 is 11.3 Å². The van der Waals surface area contributed by atoms with Gasteiger partial charge in [-0.25, -0.2) is 4.98 Å². The number of ether oxygens (including phenoxy) is 1. The molecule has 1 aromatic heterocycles. The number of rotatable bonds is 6. The Morgan fingerprint density at radius 1 is 1.40 bits per heavy atom.